The Hall–Kier alpha value is -0.200. The summed E-state index contributed by atoms with van der Waals surface area (Å²) in [7, 11) is 3.61. The summed E-state index contributed by atoms with van der Waals surface area (Å²) in [5, 5.41) is 24.0. The lowest BCUT2D eigenvalue weighted by Gasteiger charge is -2.68. The Bertz CT molecular complexity index is 688. The monoisotopic (exact) mass is 391 g/mol. The van der Waals surface area contributed by atoms with Gasteiger partial charge in [-0.2, -0.15) is 0 Å². The molecule has 7 bridgehead atoms. The summed E-state index contributed by atoms with van der Waals surface area (Å²) in [5.74, 6) is 1.58. The summed E-state index contributed by atoms with van der Waals surface area (Å²) in [4.78, 5) is 2.65. The summed E-state index contributed by atoms with van der Waals surface area (Å²) in [6, 6.07) is 0.309. The second-order valence-electron chi connectivity index (χ2n) is 11.3. The van der Waals surface area contributed by atoms with Crippen molar-refractivity contribution >= 4 is 0 Å². The Kier molecular flexibility index (Phi) is 3.67. The van der Waals surface area contributed by atoms with Crippen molar-refractivity contribution in [3.05, 3.63) is 0 Å². The van der Waals surface area contributed by atoms with Gasteiger partial charge in [0.15, 0.2) is 0 Å². The quantitative estimate of drug-likeness (QED) is 0.770. The lowest BCUT2D eigenvalue weighted by molar-refractivity contribution is -0.268. The van der Waals surface area contributed by atoms with E-state index in [0.717, 1.165) is 45.2 Å². The molecule has 28 heavy (non-hydrogen) atoms. The lowest BCUT2D eigenvalue weighted by Crippen LogP contribution is -2.75. The zero-order valence-electron chi connectivity index (χ0n) is 17.8. The van der Waals surface area contributed by atoms with E-state index in [2.05, 4.69) is 18.7 Å². The van der Waals surface area contributed by atoms with Crippen molar-refractivity contribution in [3.63, 3.8) is 0 Å². The van der Waals surface area contributed by atoms with Crippen LogP contribution in [0, 0.1) is 40.4 Å². The highest BCUT2D eigenvalue weighted by Gasteiger charge is 2.83. The van der Waals surface area contributed by atoms with Gasteiger partial charge in [0.25, 0.3) is 0 Å². The molecule has 5 saturated carbocycles. The summed E-state index contributed by atoms with van der Waals surface area (Å²) in [6.07, 6.45) is 4.75. The van der Waals surface area contributed by atoms with Gasteiger partial charge in [-0.25, -0.2) is 0 Å². The predicted octanol–water partition coefficient (Wildman–Crippen LogP) is 1.90. The van der Waals surface area contributed by atoms with Crippen molar-refractivity contribution in [2.45, 2.75) is 75.9 Å². The third kappa shape index (κ3) is 1.73. The van der Waals surface area contributed by atoms with E-state index in [-0.39, 0.29) is 41.0 Å². The molecule has 5 nitrogen and oxygen atoms in total. The zero-order valence-corrected chi connectivity index (χ0v) is 17.8. The Morgan fingerprint density at radius 2 is 1.93 bits per heavy atom. The Labute approximate surface area is 168 Å². The first-order chi connectivity index (χ1) is 13.4. The lowest BCUT2D eigenvalue weighted by atomic mass is 9.43. The number of hydrogen-bond acceptors (Lipinski definition) is 5. The fraction of sp³-hybridized carbons (Fsp3) is 1.00. The maximum Gasteiger partial charge on any atom is 0.0771 e. The van der Waals surface area contributed by atoms with Crippen molar-refractivity contribution in [2.75, 3.05) is 27.3 Å². The van der Waals surface area contributed by atoms with E-state index in [4.69, 9.17) is 9.47 Å². The number of aliphatic hydroxyl groups is 2. The number of fused-ring (bicyclic) bond motifs is 2. The second-order valence-corrected chi connectivity index (χ2v) is 11.3. The maximum atomic E-state index is 12.4. The van der Waals surface area contributed by atoms with Gasteiger partial charge in [-0.15, -0.1) is 0 Å². The number of aliphatic hydroxyl groups excluding tert-OH is 1. The van der Waals surface area contributed by atoms with Crippen LogP contribution in [0.15, 0.2) is 0 Å². The van der Waals surface area contributed by atoms with E-state index < -0.39 is 5.60 Å². The van der Waals surface area contributed by atoms with Gasteiger partial charge in [-0.3, -0.25) is 4.90 Å². The molecule has 0 aromatic rings. The summed E-state index contributed by atoms with van der Waals surface area (Å²) in [6.45, 7) is 6.88. The summed E-state index contributed by atoms with van der Waals surface area (Å²) in [5.41, 5.74) is -0.543. The molecule has 1 spiro atoms. The Morgan fingerprint density at radius 1 is 1.14 bits per heavy atom. The fourth-order valence-electron chi connectivity index (χ4n) is 10.4. The summed E-state index contributed by atoms with van der Waals surface area (Å²) < 4.78 is 12.0. The minimum Gasteiger partial charge on any atom is -0.392 e. The Balaban J connectivity index is 1.59. The highest BCUT2D eigenvalue weighted by atomic mass is 16.5. The van der Waals surface area contributed by atoms with E-state index in [1.54, 1.807) is 7.11 Å². The van der Waals surface area contributed by atoms with E-state index in [0.29, 0.717) is 23.8 Å². The third-order valence-corrected chi connectivity index (χ3v) is 10.9. The number of methoxy groups -OCH3 is 2. The second kappa shape index (κ2) is 5.53. The molecule has 0 unspecified atom stereocenters. The van der Waals surface area contributed by atoms with Crippen LogP contribution in [0.4, 0.5) is 0 Å². The van der Waals surface area contributed by atoms with Gasteiger partial charge < -0.3 is 19.7 Å². The molecule has 6 aliphatic rings. The Morgan fingerprint density at radius 3 is 2.61 bits per heavy atom. The molecule has 6 fully saturated rings. The van der Waals surface area contributed by atoms with Gasteiger partial charge in [0, 0.05) is 56.4 Å². The first kappa shape index (κ1) is 18.6. The van der Waals surface area contributed by atoms with E-state index in [9.17, 15) is 10.2 Å². The number of hydrogen-bond donors (Lipinski definition) is 2. The zero-order chi connectivity index (χ0) is 19.6. The van der Waals surface area contributed by atoms with Gasteiger partial charge in [-0.1, -0.05) is 13.8 Å². The van der Waals surface area contributed by atoms with Crippen LogP contribution in [0.25, 0.3) is 0 Å². The van der Waals surface area contributed by atoms with Crippen molar-refractivity contribution in [1.29, 1.82) is 0 Å². The van der Waals surface area contributed by atoms with Crippen LogP contribution >= 0.6 is 0 Å². The van der Waals surface area contributed by atoms with Crippen molar-refractivity contribution < 1.29 is 19.7 Å². The van der Waals surface area contributed by atoms with Gasteiger partial charge in [0.05, 0.1) is 23.9 Å². The normalized spacial score (nSPS) is 64.3. The average molecular weight is 392 g/mol. The van der Waals surface area contributed by atoms with E-state index in [1.807, 2.05) is 7.11 Å². The largest absolute Gasteiger partial charge is 0.392 e. The molecule has 1 saturated heterocycles. The minimum atomic E-state index is -0.731. The van der Waals surface area contributed by atoms with Gasteiger partial charge in [-0.05, 0) is 49.5 Å². The molecule has 1 heterocycles. The van der Waals surface area contributed by atoms with Gasteiger partial charge in [0.2, 0.25) is 0 Å². The van der Waals surface area contributed by atoms with Gasteiger partial charge in [0.1, 0.15) is 0 Å². The summed E-state index contributed by atoms with van der Waals surface area (Å²) >= 11 is 0. The minimum absolute atomic E-state index is 0.0580. The molecule has 158 valence electrons. The molecule has 0 aromatic heterocycles. The highest BCUT2D eigenvalue weighted by Crippen LogP contribution is 2.78. The molecular formula is C23H37NO4. The van der Waals surface area contributed by atoms with Crippen LogP contribution in [0.5, 0.6) is 0 Å². The highest BCUT2D eigenvalue weighted by molar-refractivity contribution is 5.32. The molecule has 12 atom stereocenters. The predicted molar refractivity (Wildman–Crippen MR) is 105 cm³/mol. The standard InChI is InChI=1S/C23H37NO4/c1-5-24-11-21(2)7-6-17(25)23-13-8-12-15(27-3)10-22(26,18(13)19(12)28-4)14(20(23)24)9-16(21)23/h12-20,25-26H,5-11H2,1-4H3/t12-,13+,14+,15+,16+,17+,18-,19+,20-,21+,22+,23-/m1/s1. The molecule has 2 N–H and O–H groups in total. The van der Waals surface area contributed by atoms with Crippen LogP contribution in [0.2, 0.25) is 0 Å². The van der Waals surface area contributed by atoms with Crippen LogP contribution in [-0.4, -0.2) is 72.4 Å². The molecule has 1 aliphatic heterocycles. The molecule has 0 amide bonds. The topological polar surface area (TPSA) is 62.2 Å². The fourth-order valence-corrected chi connectivity index (χ4v) is 10.4. The van der Waals surface area contributed by atoms with Crippen molar-refractivity contribution in [3.8, 4) is 0 Å². The van der Waals surface area contributed by atoms with E-state index in [1.165, 1.54) is 0 Å². The number of piperidine rings is 1. The van der Waals surface area contributed by atoms with Crippen LogP contribution in [-0.2, 0) is 9.47 Å². The van der Waals surface area contributed by atoms with Crippen LogP contribution in [0.3, 0.4) is 0 Å². The van der Waals surface area contributed by atoms with Gasteiger partial charge >= 0.3 is 0 Å². The van der Waals surface area contributed by atoms with E-state index >= 15 is 0 Å². The molecule has 0 radical (unpaired) electrons. The number of ether oxygens (including phenoxy) is 2. The van der Waals surface area contributed by atoms with Crippen molar-refractivity contribution in [1.82, 2.24) is 4.90 Å². The first-order valence-corrected chi connectivity index (χ1v) is 11.6. The first-order valence-electron chi connectivity index (χ1n) is 11.6. The SMILES string of the molecule is CCN1C[C@]2(C)CC[C@H](O)[C@@]34[C@H]5C[C@H]6[C@H](OC)[C@@H]5[C@](O)(C[C@@H]6OC)[C@@H](C[C@@H]23)[C@@H]14. The molecular weight excluding hydrogens is 354 g/mol. The third-order valence-electron chi connectivity index (χ3n) is 10.9. The molecule has 0 aromatic carbocycles. The molecule has 5 heteroatoms. The number of rotatable bonds is 3. The smallest absolute Gasteiger partial charge is 0.0771 e. The molecule has 5 aliphatic carbocycles. The van der Waals surface area contributed by atoms with Crippen molar-refractivity contribution in [2.24, 2.45) is 40.4 Å². The van der Waals surface area contributed by atoms with Crippen LogP contribution in [0.1, 0.15) is 46.0 Å². The maximum absolute atomic E-state index is 12.4. The molecule has 6 rings (SSSR count). The number of likely N-dealkylation sites (tertiary alicyclic amines) is 1. The van der Waals surface area contributed by atoms with Crippen LogP contribution < -0.4 is 0 Å². The average Bonchev–Trinajstić information content (AvgIpc) is 3.16. The number of nitrogens with zero attached hydrogens (tertiary/aromatic N) is 1.